The van der Waals surface area contributed by atoms with Crippen LogP contribution >= 0.6 is 0 Å². The van der Waals surface area contributed by atoms with E-state index >= 15 is 0 Å². The number of aryl methyl sites for hydroxylation is 3. The summed E-state index contributed by atoms with van der Waals surface area (Å²) >= 11 is 0. The maximum atomic E-state index is 14.1. The minimum Gasteiger partial charge on any atom is -0.481 e. The molecule has 0 radical (unpaired) electrons. The van der Waals surface area contributed by atoms with Gasteiger partial charge >= 0.3 is 12.1 Å². The number of nitrogens with zero attached hydrogens (tertiary/aromatic N) is 4. The van der Waals surface area contributed by atoms with Gasteiger partial charge in [-0.15, -0.1) is 0 Å². The largest absolute Gasteiger partial charge is 0.481 e. The molecule has 0 aliphatic carbocycles. The number of aromatic nitrogens is 3. The van der Waals surface area contributed by atoms with E-state index in [-0.39, 0.29) is 24.3 Å². The number of carbonyl (C=O) groups is 2. The van der Waals surface area contributed by atoms with Crippen molar-refractivity contribution in [1.29, 1.82) is 0 Å². The van der Waals surface area contributed by atoms with Crippen molar-refractivity contribution in [3.63, 3.8) is 0 Å². The third-order valence-electron chi connectivity index (χ3n) is 8.19. The monoisotopic (exact) mass is 653 g/mol. The number of hydrogen-bond acceptors (Lipinski definition) is 5. The number of alkyl halides is 3. The lowest BCUT2D eigenvalue weighted by Gasteiger charge is -2.26. The molecule has 0 saturated carbocycles. The van der Waals surface area contributed by atoms with Gasteiger partial charge in [-0.1, -0.05) is 31.5 Å². The topological polar surface area (TPSA) is 109 Å². The van der Waals surface area contributed by atoms with Gasteiger partial charge in [-0.05, 0) is 88.0 Å². The Hall–Kier alpha value is -4.45. The quantitative estimate of drug-likeness (QED) is 0.191. The average molecular weight is 654 g/mol. The Morgan fingerprint density at radius 1 is 1.04 bits per heavy atom. The Kier molecular flexibility index (Phi) is 10.6. The maximum absolute atomic E-state index is 14.1. The molecule has 4 rings (SSSR count). The Morgan fingerprint density at radius 3 is 2.28 bits per heavy atom. The number of amides is 1. The summed E-state index contributed by atoms with van der Waals surface area (Å²) in [6, 6.07) is 5.98. The second kappa shape index (κ2) is 14.1. The van der Waals surface area contributed by atoms with E-state index in [1.165, 1.54) is 0 Å². The Balaban J connectivity index is 1.82. The van der Waals surface area contributed by atoms with Crippen LogP contribution in [0.5, 0.6) is 0 Å². The molecular formula is C35H42F3N5O4. The first-order valence-electron chi connectivity index (χ1n) is 15.5. The number of carboxylic acids is 1. The first-order chi connectivity index (χ1) is 22.0. The highest BCUT2D eigenvalue weighted by atomic mass is 19.4. The van der Waals surface area contributed by atoms with Gasteiger partial charge < -0.3 is 19.9 Å². The van der Waals surface area contributed by atoms with Crippen LogP contribution in [0.1, 0.15) is 72.2 Å². The van der Waals surface area contributed by atoms with Crippen molar-refractivity contribution in [2.75, 3.05) is 20.6 Å². The van der Waals surface area contributed by atoms with Crippen LogP contribution < -0.4 is 10.9 Å². The molecule has 0 saturated heterocycles. The van der Waals surface area contributed by atoms with E-state index in [4.69, 9.17) is 0 Å². The predicted molar refractivity (Wildman–Crippen MR) is 174 cm³/mol. The fraction of sp³-hybridized carbons (Fsp3) is 0.429. The first-order valence-corrected chi connectivity index (χ1v) is 15.5. The molecule has 0 unspecified atom stereocenters. The van der Waals surface area contributed by atoms with Crippen molar-refractivity contribution in [1.82, 2.24) is 24.2 Å². The summed E-state index contributed by atoms with van der Waals surface area (Å²) in [6.07, 6.45) is -0.512. The Morgan fingerprint density at radius 2 is 1.70 bits per heavy atom. The van der Waals surface area contributed by atoms with Gasteiger partial charge in [0.1, 0.15) is 11.7 Å². The Bertz CT molecular complexity index is 1820. The van der Waals surface area contributed by atoms with Gasteiger partial charge in [0.15, 0.2) is 0 Å². The molecule has 9 nitrogen and oxygen atoms in total. The van der Waals surface area contributed by atoms with E-state index in [0.717, 1.165) is 38.7 Å². The molecule has 0 fully saturated rings. The number of fused-ring (bicyclic) bond motifs is 1. The summed E-state index contributed by atoms with van der Waals surface area (Å²) in [4.78, 5) is 45.6. The molecule has 12 heteroatoms. The second-order valence-electron chi connectivity index (χ2n) is 12.9. The van der Waals surface area contributed by atoms with Crippen LogP contribution in [0.3, 0.4) is 0 Å². The van der Waals surface area contributed by atoms with Crippen molar-refractivity contribution in [2.24, 2.45) is 5.92 Å². The molecule has 4 aromatic rings. The molecule has 3 aromatic heterocycles. The summed E-state index contributed by atoms with van der Waals surface area (Å²) in [5.74, 6) is -1.96. The van der Waals surface area contributed by atoms with E-state index < -0.39 is 47.7 Å². The molecule has 2 atom stereocenters. The number of carbonyl (C=O) groups excluding carboxylic acids is 1. The fourth-order valence-electron chi connectivity index (χ4n) is 6.15. The zero-order valence-electron chi connectivity index (χ0n) is 27.8. The third kappa shape index (κ3) is 8.29. The lowest BCUT2D eigenvalue weighted by atomic mass is 9.94. The van der Waals surface area contributed by atoms with Crippen LogP contribution in [0, 0.1) is 26.7 Å². The van der Waals surface area contributed by atoms with Gasteiger partial charge in [0.05, 0.1) is 23.7 Å². The molecule has 1 aromatic carbocycles. The van der Waals surface area contributed by atoms with Crippen molar-refractivity contribution >= 4 is 17.5 Å². The van der Waals surface area contributed by atoms with Crippen molar-refractivity contribution in [3.8, 4) is 11.3 Å². The van der Waals surface area contributed by atoms with E-state index in [9.17, 15) is 32.7 Å². The first kappa shape index (κ1) is 35.4. The summed E-state index contributed by atoms with van der Waals surface area (Å²) in [5.41, 5.74) is 3.76. The second-order valence-corrected chi connectivity index (χ2v) is 12.9. The minimum atomic E-state index is -4.75. The van der Waals surface area contributed by atoms with Crippen LogP contribution in [0.15, 0.2) is 53.7 Å². The van der Waals surface area contributed by atoms with E-state index in [0.29, 0.717) is 23.8 Å². The van der Waals surface area contributed by atoms with Crippen LogP contribution in [-0.2, 0) is 22.2 Å². The van der Waals surface area contributed by atoms with Gasteiger partial charge in [0.2, 0.25) is 5.91 Å². The van der Waals surface area contributed by atoms with Crippen molar-refractivity contribution in [3.05, 3.63) is 92.7 Å². The van der Waals surface area contributed by atoms with Gasteiger partial charge in [-0.3, -0.25) is 18.8 Å². The normalized spacial score (nSPS) is 13.4. The third-order valence-corrected chi connectivity index (χ3v) is 8.19. The molecule has 47 heavy (non-hydrogen) atoms. The predicted octanol–water partition coefficient (Wildman–Crippen LogP) is 6.13. The van der Waals surface area contributed by atoms with Crippen molar-refractivity contribution in [2.45, 2.75) is 72.1 Å². The van der Waals surface area contributed by atoms with Crippen LogP contribution in [-0.4, -0.2) is 56.5 Å². The summed E-state index contributed by atoms with van der Waals surface area (Å²) in [5, 5.41) is 12.7. The van der Waals surface area contributed by atoms with E-state index in [1.54, 1.807) is 31.3 Å². The highest BCUT2D eigenvalue weighted by molar-refractivity contribution is 5.82. The number of hydrogen-bond donors (Lipinski definition) is 2. The summed E-state index contributed by atoms with van der Waals surface area (Å²) < 4.78 is 44.8. The van der Waals surface area contributed by atoms with E-state index in [2.05, 4.69) is 22.4 Å². The maximum Gasteiger partial charge on any atom is 0.416 e. The molecule has 3 heterocycles. The lowest BCUT2D eigenvalue weighted by molar-refractivity contribution is -0.139. The number of pyridine rings is 2. The highest BCUT2D eigenvalue weighted by Crippen LogP contribution is 2.34. The van der Waals surface area contributed by atoms with Crippen LogP contribution in [0.4, 0.5) is 13.2 Å². The number of benzene rings is 1. The number of imidazole rings is 1. The smallest absolute Gasteiger partial charge is 0.416 e. The fourth-order valence-corrected chi connectivity index (χ4v) is 6.15. The number of carboxylic acid groups (broad SMARTS) is 1. The zero-order chi connectivity index (χ0) is 34.8. The minimum absolute atomic E-state index is 0.00469. The number of aliphatic carboxylic acids is 1. The standard InChI is InChI=1S/C35H42F3N5O4/c1-20(2)12-29(43-19-24(8-10-41(6)7)26(17-31(43)44)35(36,37)38)34(47)40-27(18-32(45)46)25-15-28(42-11-9-39-30(42)16-25)33-22(4)13-21(3)14-23(33)5/h9,11,13-17,19-20,27,29H,8,10,12,18H2,1-7H3,(H,40,47)(H,45,46)/t27-,29-/m0/s1. The molecular weight excluding hydrogens is 611 g/mol. The van der Waals surface area contributed by atoms with Gasteiger partial charge in [-0.25, -0.2) is 4.98 Å². The number of rotatable bonds is 12. The molecule has 2 N–H and O–H groups in total. The van der Waals surface area contributed by atoms with Gasteiger partial charge in [0.25, 0.3) is 5.56 Å². The van der Waals surface area contributed by atoms with E-state index in [1.807, 2.05) is 51.3 Å². The molecule has 0 spiro atoms. The lowest BCUT2D eigenvalue weighted by Crippen LogP contribution is -2.40. The van der Waals surface area contributed by atoms with Gasteiger partial charge in [0, 0.05) is 36.8 Å². The summed E-state index contributed by atoms with van der Waals surface area (Å²) in [6.45, 7) is 9.95. The SMILES string of the molecule is Cc1cc(C)c(-c2cc([C@H](CC(=O)O)NC(=O)[C@H](CC(C)C)n3cc(CCN(C)C)c(C(F)(F)F)cc3=O)cc3nccn23)c(C)c1. The number of halogens is 3. The molecule has 0 aliphatic heterocycles. The van der Waals surface area contributed by atoms with Gasteiger partial charge in [-0.2, -0.15) is 13.2 Å². The molecule has 1 amide bonds. The number of nitrogens with one attached hydrogen (secondary N) is 1. The highest BCUT2D eigenvalue weighted by Gasteiger charge is 2.36. The zero-order valence-corrected chi connectivity index (χ0v) is 27.8. The molecule has 252 valence electrons. The molecule has 0 aliphatic rings. The van der Waals surface area contributed by atoms with Crippen LogP contribution in [0.2, 0.25) is 0 Å². The number of likely N-dealkylation sites (N-methyl/N-ethyl adjacent to an activating group) is 1. The molecule has 0 bridgehead atoms. The van der Waals surface area contributed by atoms with Crippen LogP contribution in [0.25, 0.3) is 16.9 Å². The average Bonchev–Trinajstić information content (AvgIpc) is 3.42. The summed E-state index contributed by atoms with van der Waals surface area (Å²) in [7, 11) is 3.46. The van der Waals surface area contributed by atoms with Crippen molar-refractivity contribution < 1.29 is 27.9 Å². The Labute approximate surface area is 272 Å².